The van der Waals surface area contributed by atoms with Gasteiger partial charge in [0.2, 0.25) is 5.91 Å². The number of rotatable bonds is 7. The minimum Gasteiger partial charge on any atom is -0.497 e. The lowest BCUT2D eigenvalue weighted by atomic mass is 10.2. The molecule has 1 amide bonds. The van der Waals surface area contributed by atoms with Crippen LogP contribution in [0, 0.1) is 0 Å². The minimum absolute atomic E-state index is 0.0995. The molecule has 0 fully saturated rings. The van der Waals surface area contributed by atoms with E-state index in [2.05, 4.69) is 19.9 Å². The monoisotopic (exact) mass is 390 g/mol. The lowest BCUT2D eigenvalue weighted by Gasteiger charge is -2.08. The van der Waals surface area contributed by atoms with Gasteiger partial charge < -0.3 is 19.6 Å². The van der Waals surface area contributed by atoms with Gasteiger partial charge in [0.1, 0.15) is 11.4 Å². The molecule has 4 rings (SSSR count). The summed E-state index contributed by atoms with van der Waals surface area (Å²) in [5.74, 6) is 0.721. The summed E-state index contributed by atoms with van der Waals surface area (Å²) >= 11 is 0. The SMILES string of the molecule is COc1ccc2c(ccn2CCNC(=O)CCc2nc3ccccc3[nH]c2=O)c1. The summed E-state index contributed by atoms with van der Waals surface area (Å²) in [7, 11) is 1.65. The van der Waals surface area contributed by atoms with Gasteiger partial charge in [-0.25, -0.2) is 4.98 Å². The van der Waals surface area contributed by atoms with E-state index in [9.17, 15) is 9.59 Å². The Labute approximate surface area is 167 Å². The Hall–Kier alpha value is -3.61. The minimum atomic E-state index is -0.245. The van der Waals surface area contributed by atoms with Crippen molar-refractivity contribution in [2.45, 2.75) is 19.4 Å². The number of hydrogen-bond donors (Lipinski definition) is 2. The van der Waals surface area contributed by atoms with Gasteiger partial charge >= 0.3 is 0 Å². The van der Waals surface area contributed by atoms with Crippen LogP contribution in [0.5, 0.6) is 5.75 Å². The number of amides is 1. The first-order chi connectivity index (χ1) is 14.1. The highest BCUT2D eigenvalue weighted by Crippen LogP contribution is 2.21. The van der Waals surface area contributed by atoms with Crippen LogP contribution in [-0.2, 0) is 17.8 Å². The molecular formula is C22H22N4O3. The molecule has 2 aromatic heterocycles. The van der Waals surface area contributed by atoms with Crippen LogP contribution in [-0.4, -0.2) is 34.1 Å². The molecule has 0 aliphatic carbocycles. The molecule has 29 heavy (non-hydrogen) atoms. The number of ether oxygens (including phenoxy) is 1. The third-order valence-electron chi connectivity index (χ3n) is 4.91. The van der Waals surface area contributed by atoms with Crippen molar-refractivity contribution in [3.8, 4) is 5.75 Å². The number of carbonyl (C=O) groups is 1. The van der Waals surface area contributed by atoms with Crippen LogP contribution in [0.25, 0.3) is 21.9 Å². The summed E-state index contributed by atoms with van der Waals surface area (Å²) in [6, 6.07) is 15.3. The molecule has 0 unspecified atom stereocenters. The van der Waals surface area contributed by atoms with Gasteiger partial charge in [0.15, 0.2) is 0 Å². The van der Waals surface area contributed by atoms with Crippen molar-refractivity contribution in [3.05, 3.63) is 70.8 Å². The summed E-state index contributed by atoms with van der Waals surface area (Å²) in [4.78, 5) is 31.5. The van der Waals surface area contributed by atoms with E-state index in [0.29, 0.717) is 30.7 Å². The van der Waals surface area contributed by atoms with E-state index < -0.39 is 0 Å². The van der Waals surface area contributed by atoms with Crippen molar-refractivity contribution in [2.75, 3.05) is 13.7 Å². The molecule has 0 aliphatic rings. The van der Waals surface area contributed by atoms with Gasteiger partial charge in [0.25, 0.3) is 5.56 Å². The largest absolute Gasteiger partial charge is 0.497 e. The Balaban J connectivity index is 1.32. The molecule has 2 heterocycles. The van der Waals surface area contributed by atoms with E-state index in [0.717, 1.165) is 22.2 Å². The zero-order valence-electron chi connectivity index (χ0n) is 16.1. The number of carbonyl (C=O) groups excluding carboxylic acids is 1. The van der Waals surface area contributed by atoms with Crippen LogP contribution < -0.4 is 15.6 Å². The van der Waals surface area contributed by atoms with Gasteiger partial charge in [-0.2, -0.15) is 0 Å². The number of methoxy groups -OCH3 is 1. The number of aryl methyl sites for hydroxylation is 1. The van der Waals surface area contributed by atoms with Crippen LogP contribution >= 0.6 is 0 Å². The fourth-order valence-corrected chi connectivity index (χ4v) is 3.37. The second kappa shape index (κ2) is 8.18. The van der Waals surface area contributed by atoms with Crippen LogP contribution in [0.1, 0.15) is 12.1 Å². The molecule has 0 saturated heterocycles. The van der Waals surface area contributed by atoms with Crippen LogP contribution in [0.15, 0.2) is 59.5 Å². The normalized spacial score (nSPS) is 11.1. The fraction of sp³-hybridized carbons (Fsp3) is 0.227. The van der Waals surface area contributed by atoms with E-state index in [4.69, 9.17) is 4.74 Å². The van der Waals surface area contributed by atoms with Crippen molar-refractivity contribution < 1.29 is 9.53 Å². The molecule has 148 valence electrons. The van der Waals surface area contributed by atoms with Gasteiger partial charge in [-0.15, -0.1) is 0 Å². The van der Waals surface area contributed by atoms with Crippen molar-refractivity contribution in [1.29, 1.82) is 0 Å². The van der Waals surface area contributed by atoms with Crippen LogP contribution in [0.3, 0.4) is 0 Å². The number of aromatic amines is 1. The first-order valence-electron chi connectivity index (χ1n) is 9.51. The number of hydrogen-bond acceptors (Lipinski definition) is 4. The van der Waals surface area contributed by atoms with E-state index in [1.54, 1.807) is 13.2 Å². The van der Waals surface area contributed by atoms with Gasteiger partial charge in [-0.05, 0) is 36.4 Å². The summed E-state index contributed by atoms with van der Waals surface area (Å²) < 4.78 is 7.33. The van der Waals surface area contributed by atoms with E-state index in [1.807, 2.05) is 48.7 Å². The molecule has 0 radical (unpaired) electrons. The molecule has 7 heteroatoms. The second-order valence-electron chi connectivity index (χ2n) is 6.81. The fourth-order valence-electron chi connectivity index (χ4n) is 3.37. The van der Waals surface area contributed by atoms with Gasteiger partial charge in [-0.3, -0.25) is 9.59 Å². The van der Waals surface area contributed by atoms with Gasteiger partial charge in [-0.1, -0.05) is 12.1 Å². The topological polar surface area (TPSA) is 89.0 Å². The molecule has 0 atom stereocenters. The molecular weight excluding hydrogens is 368 g/mol. The van der Waals surface area contributed by atoms with E-state index >= 15 is 0 Å². The molecule has 2 N–H and O–H groups in total. The zero-order chi connectivity index (χ0) is 20.2. The molecule has 4 aromatic rings. The van der Waals surface area contributed by atoms with Gasteiger partial charge in [0, 0.05) is 43.0 Å². The molecule has 2 aromatic carbocycles. The van der Waals surface area contributed by atoms with Crippen molar-refractivity contribution in [3.63, 3.8) is 0 Å². The highest BCUT2D eigenvalue weighted by molar-refractivity contribution is 5.81. The smallest absolute Gasteiger partial charge is 0.270 e. The Kier molecular flexibility index (Phi) is 5.29. The third kappa shape index (κ3) is 4.13. The summed E-state index contributed by atoms with van der Waals surface area (Å²) in [5, 5.41) is 4.01. The molecule has 0 bridgehead atoms. The predicted molar refractivity (Wildman–Crippen MR) is 112 cm³/mol. The Morgan fingerprint density at radius 2 is 2.07 bits per heavy atom. The Bertz CT molecular complexity index is 1230. The number of nitrogens with zero attached hydrogens (tertiary/aromatic N) is 2. The highest BCUT2D eigenvalue weighted by Gasteiger charge is 2.08. The van der Waals surface area contributed by atoms with Crippen LogP contribution in [0.2, 0.25) is 0 Å². The molecule has 7 nitrogen and oxygen atoms in total. The third-order valence-corrected chi connectivity index (χ3v) is 4.91. The van der Waals surface area contributed by atoms with Crippen LogP contribution in [0.4, 0.5) is 0 Å². The predicted octanol–water partition coefficient (Wildman–Crippen LogP) is 2.64. The number of para-hydroxylation sites is 2. The quantitative estimate of drug-likeness (QED) is 0.508. The van der Waals surface area contributed by atoms with Gasteiger partial charge in [0.05, 0.1) is 18.1 Å². The first-order valence-corrected chi connectivity index (χ1v) is 9.51. The zero-order valence-corrected chi connectivity index (χ0v) is 16.1. The standard InChI is InChI=1S/C22H22N4O3/c1-29-16-6-8-20-15(14-16)10-12-26(20)13-11-23-21(27)9-7-19-22(28)25-18-5-3-2-4-17(18)24-19/h2-6,8,10,12,14H,7,9,11,13H2,1H3,(H,23,27)(H,25,28). The lowest BCUT2D eigenvalue weighted by Crippen LogP contribution is -2.28. The van der Waals surface area contributed by atoms with Crippen molar-refractivity contribution >= 4 is 27.8 Å². The first kappa shape index (κ1) is 18.7. The number of nitrogens with one attached hydrogen (secondary N) is 2. The summed E-state index contributed by atoms with van der Waals surface area (Å²) in [5.41, 5.74) is 2.64. The summed E-state index contributed by atoms with van der Waals surface area (Å²) in [6.45, 7) is 1.17. The van der Waals surface area contributed by atoms with E-state index in [-0.39, 0.29) is 17.9 Å². The average Bonchev–Trinajstić information content (AvgIpc) is 3.14. The average molecular weight is 390 g/mol. The number of fused-ring (bicyclic) bond motifs is 2. The molecule has 0 aliphatic heterocycles. The maximum atomic E-state index is 12.2. The number of aromatic nitrogens is 3. The second-order valence-corrected chi connectivity index (χ2v) is 6.81. The molecule has 0 spiro atoms. The maximum absolute atomic E-state index is 12.2. The lowest BCUT2D eigenvalue weighted by molar-refractivity contribution is -0.121. The molecule has 0 saturated carbocycles. The van der Waals surface area contributed by atoms with Crippen molar-refractivity contribution in [1.82, 2.24) is 19.9 Å². The van der Waals surface area contributed by atoms with Crippen molar-refractivity contribution in [2.24, 2.45) is 0 Å². The summed E-state index contributed by atoms with van der Waals surface area (Å²) in [6.07, 6.45) is 2.52. The maximum Gasteiger partial charge on any atom is 0.270 e. The number of H-pyrrole nitrogens is 1. The highest BCUT2D eigenvalue weighted by atomic mass is 16.5. The Morgan fingerprint density at radius 1 is 1.21 bits per heavy atom. The van der Waals surface area contributed by atoms with E-state index in [1.165, 1.54) is 0 Å². The Morgan fingerprint density at radius 3 is 2.93 bits per heavy atom. The number of benzene rings is 2.